The summed E-state index contributed by atoms with van der Waals surface area (Å²) in [7, 11) is 0. The molecule has 0 bridgehead atoms. The molecule has 0 spiro atoms. The first-order valence-corrected chi connectivity index (χ1v) is 10.4. The molecule has 150 valence electrons. The van der Waals surface area contributed by atoms with Gasteiger partial charge in [-0.05, 0) is 0 Å². The van der Waals surface area contributed by atoms with Crippen molar-refractivity contribution >= 4 is 40.1 Å². The summed E-state index contributed by atoms with van der Waals surface area (Å²) in [5, 5.41) is 4.83. The molecule has 2 heterocycles. The minimum atomic E-state index is -0.592. The van der Waals surface area contributed by atoms with E-state index in [1.807, 2.05) is 35.7 Å². The Bertz CT molecular complexity index is 1110. The second-order valence-corrected chi connectivity index (χ2v) is 7.55. The predicted molar refractivity (Wildman–Crippen MR) is 111 cm³/mol. The zero-order chi connectivity index (χ0) is 20.6. The number of thioether (sulfide) groups is 1. The Balaban J connectivity index is 1.40. The minimum Gasteiger partial charge on any atom is -0.455 e. The number of aromatic amines is 2. The van der Waals surface area contributed by atoms with Gasteiger partial charge in [-0.3, -0.25) is 24.7 Å². The lowest BCUT2D eigenvalue weighted by Crippen LogP contribution is -2.24. The van der Waals surface area contributed by atoms with Gasteiger partial charge >= 0.3 is 11.7 Å². The van der Waals surface area contributed by atoms with Gasteiger partial charge in [0, 0.05) is 28.5 Å². The van der Waals surface area contributed by atoms with Gasteiger partial charge in [-0.1, -0.05) is 30.3 Å². The van der Waals surface area contributed by atoms with Crippen molar-refractivity contribution < 1.29 is 14.3 Å². The topological polar surface area (TPSA) is 134 Å². The first kappa shape index (κ1) is 20.6. The SMILES string of the molecule is O=C(COC(=O)CSCc1c[nH]c(=O)[nH]c1=O)Nc1nc(-c2ccccc2)cs1. The van der Waals surface area contributed by atoms with Crippen LogP contribution < -0.4 is 16.6 Å². The summed E-state index contributed by atoms with van der Waals surface area (Å²) >= 11 is 2.41. The number of nitrogens with zero attached hydrogens (tertiary/aromatic N) is 1. The molecule has 3 rings (SSSR count). The average Bonchev–Trinajstić information content (AvgIpc) is 3.17. The summed E-state index contributed by atoms with van der Waals surface area (Å²) in [6, 6.07) is 9.54. The van der Waals surface area contributed by atoms with Crippen LogP contribution in [0.2, 0.25) is 0 Å². The molecule has 29 heavy (non-hydrogen) atoms. The summed E-state index contributed by atoms with van der Waals surface area (Å²) in [6.45, 7) is -0.432. The first-order valence-electron chi connectivity index (χ1n) is 8.36. The number of carbonyl (C=O) groups excluding carboxylic acids is 2. The maximum absolute atomic E-state index is 11.9. The second kappa shape index (κ2) is 9.85. The largest absolute Gasteiger partial charge is 0.455 e. The van der Waals surface area contributed by atoms with E-state index in [4.69, 9.17) is 4.74 Å². The highest BCUT2D eigenvalue weighted by molar-refractivity contribution is 7.99. The number of amides is 1. The van der Waals surface area contributed by atoms with Crippen LogP contribution in [0, 0.1) is 0 Å². The Hall–Kier alpha value is -3.18. The first-order chi connectivity index (χ1) is 14.0. The molecule has 11 heteroatoms. The van der Waals surface area contributed by atoms with Gasteiger partial charge in [-0.15, -0.1) is 23.1 Å². The van der Waals surface area contributed by atoms with E-state index in [9.17, 15) is 19.2 Å². The van der Waals surface area contributed by atoms with Crippen molar-refractivity contribution in [3.63, 3.8) is 0 Å². The molecule has 1 amide bonds. The van der Waals surface area contributed by atoms with E-state index in [1.54, 1.807) is 0 Å². The van der Waals surface area contributed by atoms with Crippen LogP contribution in [0.15, 0.2) is 51.5 Å². The number of hydrogen-bond donors (Lipinski definition) is 3. The van der Waals surface area contributed by atoms with Gasteiger partial charge in [0.05, 0.1) is 11.4 Å². The van der Waals surface area contributed by atoms with E-state index in [-0.39, 0.29) is 11.5 Å². The van der Waals surface area contributed by atoms with Crippen LogP contribution in [0.1, 0.15) is 5.56 Å². The zero-order valence-electron chi connectivity index (χ0n) is 15.0. The molecular formula is C18H16N4O5S2. The molecule has 0 radical (unpaired) electrons. The van der Waals surface area contributed by atoms with Crippen LogP contribution in [0.3, 0.4) is 0 Å². The maximum atomic E-state index is 11.9. The van der Waals surface area contributed by atoms with Crippen LogP contribution in [0.25, 0.3) is 11.3 Å². The zero-order valence-corrected chi connectivity index (χ0v) is 16.6. The van der Waals surface area contributed by atoms with Gasteiger partial charge in [-0.25, -0.2) is 9.78 Å². The summed E-state index contributed by atoms with van der Waals surface area (Å²) in [4.78, 5) is 54.9. The smallest absolute Gasteiger partial charge is 0.325 e. The van der Waals surface area contributed by atoms with Gasteiger partial charge < -0.3 is 9.72 Å². The van der Waals surface area contributed by atoms with Crippen molar-refractivity contribution in [1.82, 2.24) is 15.0 Å². The third kappa shape index (κ3) is 6.16. The van der Waals surface area contributed by atoms with E-state index in [0.29, 0.717) is 10.7 Å². The summed E-state index contributed by atoms with van der Waals surface area (Å²) in [5.74, 6) is -0.903. The summed E-state index contributed by atoms with van der Waals surface area (Å²) in [5.41, 5.74) is 0.918. The molecule has 0 atom stereocenters. The van der Waals surface area contributed by atoms with E-state index in [1.165, 1.54) is 17.5 Å². The molecule has 0 aliphatic carbocycles. The quantitative estimate of drug-likeness (QED) is 0.460. The average molecular weight is 432 g/mol. The van der Waals surface area contributed by atoms with E-state index < -0.39 is 29.7 Å². The highest BCUT2D eigenvalue weighted by atomic mass is 32.2. The fourth-order valence-electron chi connectivity index (χ4n) is 2.20. The van der Waals surface area contributed by atoms with Crippen molar-refractivity contribution in [3.8, 4) is 11.3 Å². The fraction of sp³-hybridized carbons (Fsp3) is 0.167. The Kier molecular flexibility index (Phi) is 6.98. The van der Waals surface area contributed by atoms with Crippen molar-refractivity contribution in [2.24, 2.45) is 0 Å². The normalized spacial score (nSPS) is 10.5. The van der Waals surface area contributed by atoms with Crippen LogP contribution in [-0.4, -0.2) is 39.2 Å². The maximum Gasteiger partial charge on any atom is 0.325 e. The van der Waals surface area contributed by atoms with Gasteiger partial charge in [0.2, 0.25) is 0 Å². The number of H-pyrrole nitrogens is 2. The van der Waals surface area contributed by atoms with E-state index >= 15 is 0 Å². The third-order valence-electron chi connectivity index (χ3n) is 3.56. The van der Waals surface area contributed by atoms with Gasteiger partial charge in [0.1, 0.15) is 0 Å². The molecule has 0 fully saturated rings. The molecule has 2 aromatic heterocycles. The number of esters is 1. The van der Waals surface area contributed by atoms with Crippen LogP contribution in [0.4, 0.5) is 5.13 Å². The van der Waals surface area contributed by atoms with Crippen LogP contribution in [-0.2, 0) is 20.1 Å². The number of nitrogens with one attached hydrogen (secondary N) is 3. The molecule has 0 saturated carbocycles. The second-order valence-electron chi connectivity index (χ2n) is 5.70. The molecule has 3 N–H and O–H groups in total. The molecule has 0 saturated heterocycles. The number of hydrogen-bond acceptors (Lipinski definition) is 8. The van der Waals surface area contributed by atoms with E-state index in [2.05, 4.69) is 20.3 Å². The third-order valence-corrected chi connectivity index (χ3v) is 5.27. The Morgan fingerprint density at radius 2 is 2.00 bits per heavy atom. The molecule has 0 aliphatic rings. The van der Waals surface area contributed by atoms with E-state index in [0.717, 1.165) is 23.0 Å². The predicted octanol–water partition coefficient (Wildman–Crippen LogP) is 1.60. The lowest BCUT2D eigenvalue weighted by atomic mass is 10.2. The number of anilines is 1. The number of aromatic nitrogens is 3. The van der Waals surface area contributed by atoms with Gasteiger partial charge in [0.25, 0.3) is 11.5 Å². The monoisotopic (exact) mass is 432 g/mol. The summed E-state index contributed by atoms with van der Waals surface area (Å²) in [6.07, 6.45) is 1.30. The Morgan fingerprint density at radius 1 is 1.21 bits per heavy atom. The molecule has 0 aliphatic heterocycles. The van der Waals surface area contributed by atoms with Crippen LogP contribution in [0.5, 0.6) is 0 Å². The van der Waals surface area contributed by atoms with Gasteiger partial charge in [0.15, 0.2) is 11.7 Å². The lowest BCUT2D eigenvalue weighted by molar-refractivity contribution is -0.144. The Morgan fingerprint density at radius 3 is 2.76 bits per heavy atom. The highest BCUT2D eigenvalue weighted by Gasteiger charge is 2.11. The fourth-order valence-corrected chi connectivity index (χ4v) is 3.73. The molecule has 3 aromatic rings. The Labute approximate surface area is 172 Å². The van der Waals surface area contributed by atoms with Crippen molar-refractivity contribution in [2.45, 2.75) is 5.75 Å². The van der Waals surface area contributed by atoms with Crippen molar-refractivity contribution in [1.29, 1.82) is 0 Å². The van der Waals surface area contributed by atoms with Crippen molar-refractivity contribution in [3.05, 3.63) is 68.3 Å². The number of rotatable bonds is 8. The minimum absolute atomic E-state index is 0.0404. The lowest BCUT2D eigenvalue weighted by Gasteiger charge is -2.04. The van der Waals surface area contributed by atoms with Gasteiger partial charge in [-0.2, -0.15) is 0 Å². The van der Waals surface area contributed by atoms with Crippen LogP contribution >= 0.6 is 23.1 Å². The summed E-state index contributed by atoms with van der Waals surface area (Å²) < 4.78 is 4.92. The highest BCUT2D eigenvalue weighted by Crippen LogP contribution is 2.24. The molecule has 9 nitrogen and oxygen atoms in total. The standard InChI is InChI=1S/C18H16N4O5S2/c23-14(21-18-20-13(9-29-18)11-4-2-1-3-5-11)7-27-15(24)10-28-8-12-6-19-17(26)22-16(12)25/h1-6,9H,7-8,10H2,(H,20,21,23)(H2,19,22,25,26). The molecule has 0 unspecified atom stereocenters. The molecule has 1 aromatic carbocycles. The van der Waals surface area contributed by atoms with Crippen molar-refractivity contribution in [2.75, 3.05) is 17.7 Å². The number of thiazole rings is 1. The molecular weight excluding hydrogens is 416 g/mol. The number of carbonyl (C=O) groups is 2. The number of benzene rings is 1. The number of ether oxygens (including phenoxy) is 1.